The summed E-state index contributed by atoms with van der Waals surface area (Å²) in [4.78, 5) is 27.2. The molecule has 1 atom stereocenters. The maximum absolute atomic E-state index is 13.0. The van der Waals surface area contributed by atoms with Gasteiger partial charge in [-0.3, -0.25) is 4.90 Å². The van der Waals surface area contributed by atoms with Crippen LogP contribution in [0, 0.1) is 29.6 Å². The lowest BCUT2D eigenvalue weighted by Gasteiger charge is -2.36. The number of nitrogens with two attached hydrogens (primary N) is 1. The Balaban J connectivity index is 2.43. The number of hydrogen-bond donors (Lipinski definition) is 1. The molecule has 2 N–H and O–H groups in total. The first kappa shape index (κ1) is 22.1. The third-order valence-electron chi connectivity index (χ3n) is 5.21. The Morgan fingerprint density at radius 1 is 1.00 bits per heavy atom. The van der Waals surface area contributed by atoms with Crippen molar-refractivity contribution in [1.82, 2.24) is 0 Å². The number of ether oxygens (including phenoxy) is 2. The highest BCUT2D eigenvalue weighted by molar-refractivity contribution is 6.06. The number of nitriles is 2. The van der Waals surface area contributed by atoms with E-state index in [2.05, 4.69) is 12.1 Å². The fraction of sp³-hybridized carbons (Fsp3) is 0.167. The number of esters is 2. The summed E-state index contributed by atoms with van der Waals surface area (Å²) in [6.45, 7) is 1.76. The molecule has 160 valence electrons. The Morgan fingerprint density at radius 2 is 1.66 bits per heavy atom. The molecule has 1 aliphatic heterocycles. The zero-order valence-corrected chi connectivity index (χ0v) is 17.7. The molecule has 32 heavy (non-hydrogen) atoms. The fourth-order valence-corrected chi connectivity index (χ4v) is 3.65. The van der Waals surface area contributed by atoms with Crippen LogP contribution in [0.2, 0.25) is 0 Å². The fourth-order valence-electron chi connectivity index (χ4n) is 3.65. The summed E-state index contributed by atoms with van der Waals surface area (Å²) in [5.41, 5.74) is 8.18. The van der Waals surface area contributed by atoms with Gasteiger partial charge >= 0.3 is 11.9 Å². The summed E-state index contributed by atoms with van der Waals surface area (Å²) in [5, 5.41) is 19.5. The number of benzene rings is 2. The second-order valence-electron chi connectivity index (χ2n) is 6.95. The van der Waals surface area contributed by atoms with Crippen LogP contribution in [0.3, 0.4) is 0 Å². The van der Waals surface area contributed by atoms with Crippen LogP contribution in [0.15, 0.2) is 71.2 Å². The van der Waals surface area contributed by atoms with E-state index in [1.54, 1.807) is 49.4 Å². The van der Waals surface area contributed by atoms with Crippen LogP contribution >= 0.6 is 0 Å². The molecule has 1 heterocycles. The Kier molecular flexibility index (Phi) is 6.27. The molecular weight excluding hydrogens is 408 g/mol. The van der Waals surface area contributed by atoms with E-state index < -0.39 is 17.9 Å². The van der Waals surface area contributed by atoms with Gasteiger partial charge in [-0.1, -0.05) is 36.4 Å². The van der Waals surface area contributed by atoms with E-state index in [1.807, 2.05) is 0 Å². The van der Waals surface area contributed by atoms with Gasteiger partial charge in [-0.15, -0.1) is 0 Å². The maximum Gasteiger partial charge on any atom is 0.355 e. The molecular formula is C24H20N4O4. The summed E-state index contributed by atoms with van der Waals surface area (Å²) in [6.07, 6.45) is 0. The zero-order chi connectivity index (χ0) is 23.4. The third-order valence-corrected chi connectivity index (χ3v) is 5.21. The number of methoxy groups -OCH3 is 2. The van der Waals surface area contributed by atoms with E-state index in [-0.39, 0.29) is 22.7 Å². The summed E-state index contributed by atoms with van der Waals surface area (Å²) in [6, 6.07) is 17.7. The van der Waals surface area contributed by atoms with Crippen molar-refractivity contribution < 1.29 is 19.1 Å². The topological polar surface area (TPSA) is 129 Å². The first-order valence-electron chi connectivity index (χ1n) is 9.55. The molecule has 8 heteroatoms. The average molecular weight is 428 g/mol. The molecule has 2 aromatic rings. The van der Waals surface area contributed by atoms with Crippen molar-refractivity contribution in [3.05, 3.63) is 87.9 Å². The highest BCUT2D eigenvalue weighted by atomic mass is 16.5. The van der Waals surface area contributed by atoms with Gasteiger partial charge in [0.1, 0.15) is 11.5 Å². The van der Waals surface area contributed by atoms with Gasteiger partial charge in [0.15, 0.2) is 0 Å². The SMILES string of the molecule is COC(=O)C1=C(C(=O)OC)N(c2ccc(C)c(C#N)c2)C(N)=C(C#N)C1c1ccccc1. The number of carbonyl (C=O) groups is 2. The summed E-state index contributed by atoms with van der Waals surface area (Å²) in [7, 11) is 2.36. The quantitative estimate of drug-likeness (QED) is 0.736. The van der Waals surface area contributed by atoms with E-state index in [1.165, 1.54) is 25.2 Å². The molecule has 1 aliphatic rings. The highest BCUT2D eigenvalue weighted by Gasteiger charge is 2.43. The first-order valence-corrected chi connectivity index (χ1v) is 9.55. The molecule has 0 saturated carbocycles. The van der Waals surface area contributed by atoms with Crippen LogP contribution in [0.25, 0.3) is 0 Å². The predicted octanol–water partition coefficient (Wildman–Crippen LogP) is 2.76. The normalized spacial score (nSPS) is 15.7. The second kappa shape index (κ2) is 9.07. The van der Waals surface area contributed by atoms with Crippen molar-refractivity contribution in [2.45, 2.75) is 12.8 Å². The molecule has 8 nitrogen and oxygen atoms in total. The summed E-state index contributed by atoms with van der Waals surface area (Å²) < 4.78 is 9.96. The van der Waals surface area contributed by atoms with Crippen molar-refractivity contribution in [3.63, 3.8) is 0 Å². The molecule has 0 radical (unpaired) electrons. The number of hydrogen-bond acceptors (Lipinski definition) is 8. The van der Waals surface area contributed by atoms with E-state index >= 15 is 0 Å². The molecule has 0 aromatic heterocycles. The smallest absolute Gasteiger partial charge is 0.355 e. The van der Waals surface area contributed by atoms with Crippen molar-refractivity contribution in [2.75, 3.05) is 19.1 Å². The van der Waals surface area contributed by atoms with Gasteiger partial charge in [-0.25, -0.2) is 9.59 Å². The Morgan fingerprint density at radius 3 is 2.22 bits per heavy atom. The third kappa shape index (κ3) is 3.66. The van der Waals surface area contributed by atoms with Crippen LogP contribution in [0.5, 0.6) is 0 Å². The van der Waals surface area contributed by atoms with Gasteiger partial charge in [-0.05, 0) is 30.2 Å². The molecule has 0 bridgehead atoms. The largest absolute Gasteiger partial charge is 0.466 e. The second-order valence-corrected chi connectivity index (χ2v) is 6.95. The molecule has 0 amide bonds. The number of rotatable bonds is 4. The number of aryl methyl sites for hydroxylation is 1. The van der Waals surface area contributed by atoms with Crippen LogP contribution in [-0.2, 0) is 19.1 Å². The minimum absolute atomic E-state index is 0.0536. The zero-order valence-electron chi connectivity index (χ0n) is 17.7. The number of nitrogens with zero attached hydrogens (tertiary/aromatic N) is 3. The van der Waals surface area contributed by atoms with Gasteiger partial charge in [-0.2, -0.15) is 10.5 Å². The number of allylic oxidation sites excluding steroid dienone is 1. The molecule has 0 spiro atoms. The minimum Gasteiger partial charge on any atom is -0.466 e. The molecule has 0 fully saturated rings. The van der Waals surface area contributed by atoms with E-state index in [9.17, 15) is 20.1 Å². The Labute approximate surface area is 185 Å². The standard InChI is InChI=1S/C24H20N4O4/c1-14-9-10-17(11-16(14)12-25)28-21(24(30)32-3)20(23(29)31-2)19(18(13-26)22(28)27)15-7-5-4-6-8-15/h4-11,19H,27H2,1-3H3. The first-order chi connectivity index (χ1) is 15.4. The van der Waals surface area contributed by atoms with E-state index in [0.29, 0.717) is 16.8 Å². The van der Waals surface area contributed by atoms with Crippen LogP contribution in [-0.4, -0.2) is 26.2 Å². The van der Waals surface area contributed by atoms with Gasteiger partial charge in [0.25, 0.3) is 0 Å². The molecule has 2 aromatic carbocycles. The van der Waals surface area contributed by atoms with Crippen molar-refractivity contribution in [3.8, 4) is 12.1 Å². The van der Waals surface area contributed by atoms with Gasteiger partial charge in [0.2, 0.25) is 0 Å². The molecule has 3 rings (SSSR count). The van der Waals surface area contributed by atoms with Gasteiger partial charge in [0, 0.05) is 5.69 Å². The van der Waals surface area contributed by atoms with Crippen LogP contribution in [0.4, 0.5) is 5.69 Å². The predicted molar refractivity (Wildman–Crippen MR) is 115 cm³/mol. The van der Waals surface area contributed by atoms with Crippen molar-refractivity contribution in [2.24, 2.45) is 5.73 Å². The monoisotopic (exact) mass is 428 g/mol. The Bertz CT molecular complexity index is 1230. The summed E-state index contributed by atoms with van der Waals surface area (Å²) >= 11 is 0. The highest BCUT2D eigenvalue weighted by Crippen LogP contribution is 2.43. The molecule has 1 unspecified atom stereocenters. The van der Waals surface area contributed by atoms with Gasteiger partial charge in [0.05, 0.1) is 49.0 Å². The lowest BCUT2D eigenvalue weighted by Crippen LogP contribution is -2.40. The lowest BCUT2D eigenvalue weighted by molar-refractivity contribution is -0.139. The summed E-state index contributed by atoms with van der Waals surface area (Å²) in [5.74, 6) is -2.65. The van der Waals surface area contributed by atoms with Gasteiger partial charge < -0.3 is 15.2 Å². The van der Waals surface area contributed by atoms with Crippen LogP contribution in [0.1, 0.15) is 22.6 Å². The maximum atomic E-state index is 13.0. The number of carbonyl (C=O) groups excluding carboxylic acids is 2. The molecule has 0 saturated heterocycles. The molecule has 0 aliphatic carbocycles. The lowest BCUT2D eigenvalue weighted by atomic mass is 9.81. The Hall–Kier alpha value is -4.56. The van der Waals surface area contributed by atoms with Crippen LogP contribution < -0.4 is 10.6 Å². The van der Waals surface area contributed by atoms with Crippen molar-refractivity contribution in [1.29, 1.82) is 10.5 Å². The van der Waals surface area contributed by atoms with E-state index in [4.69, 9.17) is 15.2 Å². The van der Waals surface area contributed by atoms with E-state index in [0.717, 1.165) is 5.56 Å². The number of anilines is 1. The average Bonchev–Trinajstić information content (AvgIpc) is 2.83. The van der Waals surface area contributed by atoms with Crippen molar-refractivity contribution >= 4 is 17.6 Å². The minimum atomic E-state index is -0.945.